The summed E-state index contributed by atoms with van der Waals surface area (Å²) in [5.74, 6) is -0.398. The predicted molar refractivity (Wildman–Crippen MR) is 112 cm³/mol. The van der Waals surface area contributed by atoms with Gasteiger partial charge in [0.15, 0.2) is 0 Å². The Morgan fingerprint density at radius 2 is 2.10 bits per heavy atom. The molecule has 0 saturated carbocycles. The minimum atomic E-state index is -0.361. The molecule has 156 valence electrons. The number of ether oxygens (including phenoxy) is 1. The van der Waals surface area contributed by atoms with Crippen LogP contribution in [0, 0.1) is 0 Å². The maximum absolute atomic E-state index is 12.0. The van der Waals surface area contributed by atoms with E-state index < -0.39 is 0 Å². The molecular weight excluding hydrogens is 368 g/mol. The lowest BCUT2D eigenvalue weighted by atomic mass is 9.80. The molecule has 7 heteroatoms. The molecule has 0 aliphatic heterocycles. The van der Waals surface area contributed by atoms with Crippen LogP contribution in [-0.4, -0.2) is 25.0 Å². The highest BCUT2D eigenvalue weighted by atomic mass is 16.5. The van der Waals surface area contributed by atoms with Crippen LogP contribution in [0.2, 0.25) is 0 Å². The summed E-state index contributed by atoms with van der Waals surface area (Å²) in [6, 6.07) is 6.18. The number of nitrogens with zero attached hydrogens (tertiary/aromatic N) is 3. The molecule has 1 amide bonds. The molecule has 0 aromatic heterocycles. The number of carbonyl (C=O) groups excluding carboxylic acids is 2. The van der Waals surface area contributed by atoms with E-state index in [0.717, 1.165) is 17.6 Å². The Kier molecular flexibility index (Phi) is 7.85. The molecular formula is C22H30N4O3. The molecule has 0 heterocycles. The number of allylic oxidation sites excluding steroid dienone is 1. The first kappa shape index (κ1) is 22.5. The molecule has 0 radical (unpaired) electrons. The van der Waals surface area contributed by atoms with Gasteiger partial charge in [-0.3, -0.25) is 9.59 Å². The van der Waals surface area contributed by atoms with Crippen LogP contribution in [0.4, 0.5) is 0 Å². The molecule has 1 unspecified atom stereocenters. The third kappa shape index (κ3) is 6.64. The average molecular weight is 399 g/mol. The Balaban J connectivity index is 2.17. The second-order valence-electron chi connectivity index (χ2n) is 8.33. The summed E-state index contributed by atoms with van der Waals surface area (Å²) in [7, 11) is 0. The SMILES string of the molecule is CC(=O)OC1CC(CNC(=O)CCCN=[N+]=[N-])=CCc2c1cccc2C(C)(C)C. The van der Waals surface area contributed by atoms with Crippen LogP contribution < -0.4 is 5.32 Å². The van der Waals surface area contributed by atoms with E-state index in [1.807, 2.05) is 12.1 Å². The zero-order valence-electron chi connectivity index (χ0n) is 17.7. The van der Waals surface area contributed by atoms with Gasteiger partial charge in [-0.25, -0.2) is 0 Å². The third-order valence-electron chi connectivity index (χ3n) is 4.96. The van der Waals surface area contributed by atoms with Crippen LogP contribution in [0.15, 0.2) is 35.0 Å². The van der Waals surface area contributed by atoms with Gasteiger partial charge in [-0.2, -0.15) is 0 Å². The molecule has 2 rings (SSSR count). The van der Waals surface area contributed by atoms with Gasteiger partial charge in [0.2, 0.25) is 5.91 Å². The van der Waals surface area contributed by atoms with Gasteiger partial charge in [0, 0.05) is 37.8 Å². The number of fused-ring (bicyclic) bond motifs is 1. The first-order valence-electron chi connectivity index (χ1n) is 9.97. The molecule has 1 aliphatic rings. The fourth-order valence-electron chi connectivity index (χ4n) is 3.62. The molecule has 0 saturated heterocycles. The lowest BCUT2D eigenvalue weighted by Crippen LogP contribution is -2.26. The van der Waals surface area contributed by atoms with Crippen molar-refractivity contribution < 1.29 is 14.3 Å². The number of esters is 1. The van der Waals surface area contributed by atoms with Gasteiger partial charge < -0.3 is 10.1 Å². The monoisotopic (exact) mass is 398 g/mol. The Morgan fingerprint density at radius 1 is 1.34 bits per heavy atom. The zero-order chi connectivity index (χ0) is 21.4. The summed E-state index contributed by atoms with van der Waals surface area (Å²) in [6.45, 7) is 8.68. The third-order valence-corrected chi connectivity index (χ3v) is 4.96. The second-order valence-corrected chi connectivity index (χ2v) is 8.33. The van der Waals surface area contributed by atoms with E-state index in [4.69, 9.17) is 10.3 Å². The number of azide groups is 1. The van der Waals surface area contributed by atoms with E-state index in [1.54, 1.807) is 0 Å². The summed E-state index contributed by atoms with van der Waals surface area (Å²) < 4.78 is 5.66. The van der Waals surface area contributed by atoms with Crippen molar-refractivity contribution >= 4 is 11.9 Å². The quantitative estimate of drug-likeness (QED) is 0.180. The zero-order valence-corrected chi connectivity index (χ0v) is 17.7. The van der Waals surface area contributed by atoms with Gasteiger partial charge in [0.1, 0.15) is 6.10 Å². The van der Waals surface area contributed by atoms with Crippen molar-refractivity contribution in [3.63, 3.8) is 0 Å². The average Bonchev–Trinajstić information content (AvgIpc) is 2.82. The smallest absolute Gasteiger partial charge is 0.303 e. The number of amides is 1. The van der Waals surface area contributed by atoms with Crippen molar-refractivity contribution in [2.75, 3.05) is 13.1 Å². The van der Waals surface area contributed by atoms with Crippen LogP contribution in [0.25, 0.3) is 10.4 Å². The van der Waals surface area contributed by atoms with Gasteiger partial charge in [-0.05, 0) is 40.5 Å². The lowest BCUT2D eigenvalue weighted by Gasteiger charge is -2.26. The first-order chi connectivity index (χ1) is 13.7. The van der Waals surface area contributed by atoms with E-state index in [1.165, 1.54) is 18.1 Å². The van der Waals surface area contributed by atoms with Crippen molar-refractivity contribution in [2.24, 2.45) is 5.11 Å². The largest absolute Gasteiger partial charge is 0.457 e. The summed E-state index contributed by atoms with van der Waals surface area (Å²) in [5.41, 5.74) is 12.8. The van der Waals surface area contributed by atoms with Crippen molar-refractivity contribution in [3.8, 4) is 0 Å². The molecule has 1 N–H and O–H groups in total. The van der Waals surface area contributed by atoms with Gasteiger partial charge in [0.25, 0.3) is 0 Å². The second kappa shape index (κ2) is 10.1. The highest BCUT2D eigenvalue weighted by Gasteiger charge is 2.27. The lowest BCUT2D eigenvalue weighted by molar-refractivity contribution is -0.146. The van der Waals surface area contributed by atoms with Gasteiger partial charge >= 0.3 is 5.97 Å². The fraction of sp³-hybridized carbons (Fsp3) is 0.545. The molecule has 0 bridgehead atoms. The van der Waals surface area contributed by atoms with Crippen LogP contribution in [-0.2, 0) is 26.2 Å². The van der Waals surface area contributed by atoms with E-state index in [9.17, 15) is 9.59 Å². The predicted octanol–water partition coefficient (Wildman–Crippen LogP) is 4.67. The van der Waals surface area contributed by atoms with Crippen LogP contribution in [0.1, 0.15) is 69.8 Å². The molecule has 7 nitrogen and oxygen atoms in total. The minimum Gasteiger partial charge on any atom is -0.457 e. The molecule has 0 fully saturated rings. The molecule has 1 aromatic rings. The number of rotatable bonds is 7. The number of benzene rings is 1. The number of nitrogens with one attached hydrogen (secondary N) is 1. The maximum atomic E-state index is 12.0. The van der Waals surface area contributed by atoms with Crippen LogP contribution in [0.5, 0.6) is 0 Å². The van der Waals surface area contributed by atoms with E-state index in [-0.39, 0.29) is 23.4 Å². The molecule has 29 heavy (non-hydrogen) atoms. The number of carbonyl (C=O) groups is 2. The topological polar surface area (TPSA) is 104 Å². The van der Waals surface area contributed by atoms with E-state index in [2.05, 4.69) is 48.3 Å². The Morgan fingerprint density at radius 3 is 2.76 bits per heavy atom. The molecule has 1 atom stereocenters. The van der Waals surface area contributed by atoms with Crippen molar-refractivity contribution in [1.82, 2.24) is 5.32 Å². The summed E-state index contributed by atoms with van der Waals surface area (Å²) in [5, 5.41) is 6.36. The molecule has 1 aromatic carbocycles. The van der Waals surface area contributed by atoms with E-state index >= 15 is 0 Å². The highest BCUT2D eigenvalue weighted by molar-refractivity contribution is 5.76. The fourth-order valence-corrected chi connectivity index (χ4v) is 3.62. The minimum absolute atomic E-state index is 0.0232. The maximum Gasteiger partial charge on any atom is 0.303 e. The summed E-state index contributed by atoms with van der Waals surface area (Å²) in [6.07, 6.45) is 3.90. The Bertz CT molecular complexity index is 833. The van der Waals surface area contributed by atoms with Crippen molar-refractivity contribution in [2.45, 2.75) is 64.9 Å². The van der Waals surface area contributed by atoms with Crippen molar-refractivity contribution in [3.05, 3.63) is 57.0 Å². The van der Waals surface area contributed by atoms with Gasteiger partial charge in [0.05, 0.1) is 0 Å². The van der Waals surface area contributed by atoms with Crippen LogP contribution >= 0.6 is 0 Å². The Hall–Kier alpha value is -2.79. The summed E-state index contributed by atoms with van der Waals surface area (Å²) in [4.78, 5) is 26.4. The number of hydrogen-bond donors (Lipinski definition) is 1. The van der Waals surface area contributed by atoms with Crippen LogP contribution in [0.3, 0.4) is 0 Å². The van der Waals surface area contributed by atoms with Gasteiger partial charge in [-0.1, -0.05) is 55.7 Å². The highest BCUT2D eigenvalue weighted by Crippen LogP contribution is 2.37. The van der Waals surface area contributed by atoms with Crippen molar-refractivity contribution in [1.29, 1.82) is 0 Å². The summed E-state index contributed by atoms with van der Waals surface area (Å²) >= 11 is 0. The molecule has 0 spiro atoms. The standard InChI is InChI=1S/C22H30N4O3/c1-15(27)29-20-13-16(14-24-21(28)9-6-12-25-26-23)10-11-17-18(20)7-5-8-19(17)22(2,3)4/h5,7-8,10,20H,6,9,11-14H2,1-4H3,(H,24,28). The first-order valence-corrected chi connectivity index (χ1v) is 9.97. The van der Waals surface area contributed by atoms with E-state index in [0.29, 0.717) is 32.4 Å². The molecule has 1 aliphatic carbocycles. The Labute approximate surface area is 172 Å². The van der Waals surface area contributed by atoms with Gasteiger partial charge in [-0.15, -0.1) is 0 Å². The normalized spacial score (nSPS) is 16.0. The number of hydrogen-bond acceptors (Lipinski definition) is 4.